The SMILES string of the molecule is CO/C(=C/C(=C\c1ccccc1)[Si](C)(C)C)c1ccccc1. The van der Waals surface area contributed by atoms with Crippen LogP contribution in [-0.2, 0) is 4.74 Å². The van der Waals surface area contributed by atoms with Crippen LogP contribution in [0.3, 0.4) is 0 Å². The highest BCUT2D eigenvalue weighted by Gasteiger charge is 2.19. The van der Waals surface area contributed by atoms with Gasteiger partial charge in [0.2, 0.25) is 0 Å². The summed E-state index contributed by atoms with van der Waals surface area (Å²) in [6.45, 7) is 7.07. The molecule has 0 saturated heterocycles. The number of rotatable bonds is 5. The molecule has 0 aliphatic rings. The first-order valence-corrected chi connectivity index (χ1v) is 11.1. The van der Waals surface area contributed by atoms with Gasteiger partial charge in [-0.2, -0.15) is 0 Å². The van der Waals surface area contributed by atoms with Crippen LogP contribution in [0.1, 0.15) is 11.1 Å². The average Bonchev–Trinajstić information content (AvgIpc) is 2.52. The zero-order valence-corrected chi connectivity index (χ0v) is 14.8. The lowest BCUT2D eigenvalue weighted by Crippen LogP contribution is -2.23. The summed E-state index contributed by atoms with van der Waals surface area (Å²) in [4.78, 5) is 0. The van der Waals surface area contributed by atoms with Gasteiger partial charge in [-0.1, -0.05) is 91.6 Å². The lowest BCUT2D eigenvalue weighted by atomic mass is 10.1. The van der Waals surface area contributed by atoms with Crippen LogP contribution in [0.15, 0.2) is 71.9 Å². The lowest BCUT2D eigenvalue weighted by Gasteiger charge is -2.20. The summed E-state index contributed by atoms with van der Waals surface area (Å²) in [6, 6.07) is 20.7. The van der Waals surface area contributed by atoms with Crippen LogP contribution in [0.5, 0.6) is 0 Å². The number of hydrogen-bond donors (Lipinski definition) is 0. The van der Waals surface area contributed by atoms with E-state index in [0.29, 0.717) is 0 Å². The van der Waals surface area contributed by atoms with Crippen LogP contribution in [0.2, 0.25) is 19.6 Å². The summed E-state index contributed by atoms with van der Waals surface area (Å²) in [5.74, 6) is 0.921. The van der Waals surface area contributed by atoms with Crippen LogP contribution >= 0.6 is 0 Å². The smallest absolute Gasteiger partial charge is 0.125 e. The second-order valence-electron chi connectivity index (χ2n) is 6.34. The van der Waals surface area contributed by atoms with Crippen molar-refractivity contribution in [2.75, 3.05) is 7.11 Å². The van der Waals surface area contributed by atoms with E-state index in [1.54, 1.807) is 7.11 Å². The molecule has 0 atom stereocenters. The van der Waals surface area contributed by atoms with Crippen LogP contribution in [-0.4, -0.2) is 15.2 Å². The maximum Gasteiger partial charge on any atom is 0.125 e. The monoisotopic (exact) mass is 308 g/mol. The van der Waals surface area contributed by atoms with Crippen LogP contribution in [0, 0.1) is 0 Å². The van der Waals surface area contributed by atoms with E-state index in [1.165, 1.54) is 10.8 Å². The van der Waals surface area contributed by atoms with E-state index in [1.807, 2.05) is 24.3 Å². The van der Waals surface area contributed by atoms with Gasteiger partial charge in [0.1, 0.15) is 5.76 Å². The standard InChI is InChI=1S/C20H24OSi/c1-21-20(18-13-9-6-10-14-18)16-19(22(2,3)4)15-17-11-7-5-8-12-17/h5-16H,1-4H3/b19-15+,20-16+. The predicted molar refractivity (Wildman–Crippen MR) is 99.2 cm³/mol. The first-order valence-electron chi connectivity index (χ1n) is 7.59. The summed E-state index contributed by atoms with van der Waals surface area (Å²) < 4.78 is 5.64. The average molecular weight is 308 g/mol. The Labute approximate surface area is 135 Å². The van der Waals surface area contributed by atoms with Gasteiger partial charge in [-0.05, 0) is 11.6 Å². The molecule has 0 aliphatic heterocycles. The second-order valence-corrected chi connectivity index (χ2v) is 11.4. The Kier molecular flexibility index (Phi) is 5.39. The summed E-state index contributed by atoms with van der Waals surface area (Å²) in [7, 11) is 0.263. The highest BCUT2D eigenvalue weighted by Crippen LogP contribution is 2.24. The van der Waals surface area contributed by atoms with E-state index in [0.717, 1.165) is 11.3 Å². The summed E-state index contributed by atoms with van der Waals surface area (Å²) in [6.07, 6.45) is 4.49. The van der Waals surface area contributed by atoms with Crippen molar-refractivity contribution in [2.45, 2.75) is 19.6 Å². The van der Waals surface area contributed by atoms with E-state index in [4.69, 9.17) is 4.74 Å². The minimum Gasteiger partial charge on any atom is -0.496 e. The molecule has 0 bridgehead atoms. The molecule has 0 aliphatic carbocycles. The fourth-order valence-corrected chi connectivity index (χ4v) is 3.37. The highest BCUT2D eigenvalue weighted by atomic mass is 28.3. The third-order valence-electron chi connectivity index (χ3n) is 3.55. The van der Waals surface area contributed by atoms with Gasteiger partial charge in [0.05, 0.1) is 15.2 Å². The lowest BCUT2D eigenvalue weighted by molar-refractivity contribution is 0.370. The van der Waals surface area contributed by atoms with Crippen molar-refractivity contribution >= 4 is 19.9 Å². The van der Waals surface area contributed by atoms with Gasteiger partial charge >= 0.3 is 0 Å². The van der Waals surface area contributed by atoms with E-state index in [9.17, 15) is 0 Å². The molecule has 0 radical (unpaired) electrons. The molecule has 0 unspecified atom stereocenters. The first-order chi connectivity index (χ1) is 10.5. The molecule has 0 amide bonds. The molecule has 0 fully saturated rings. The van der Waals surface area contributed by atoms with E-state index < -0.39 is 8.07 Å². The van der Waals surface area contributed by atoms with E-state index in [-0.39, 0.29) is 0 Å². The van der Waals surface area contributed by atoms with Crippen LogP contribution in [0.4, 0.5) is 0 Å². The summed E-state index contributed by atoms with van der Waals surface area (Å²) in [5, 5.41) is 1.37. The normalized spacial score (nSPS) is 13.1. The zero-order chi connectivity index (χ0) is 16.0. The second kappa shape index (κ2) is 7.28. The molecule has 0 aromatic heterocycles. The van der Waals surface area contributed by atoms with Gasteiger partial charge in [-0.25, -0.2) is 0 Å². The molecular weight excluding hydrogens is 284 g/mol. The predicted octanol–water partition coefficient (Wildman–Crippen LogP) is 5.63. The highest BCUT2D eigenvalue weighted by molar-refractivity contribution is 6.84. The minimum atomic E-state index is -1.48. The molecule has 0 N–H and O–H groups in total. The van der Waals surface area contributed by atoms with Gasteiger partial charge < -0.3 is 4.74 Å². The molecule has 1 nitrogen and oxygen atoms in total. The van der Waals surface area contributed by atoms with Gasteiger partial charge in [0, 0.05) is 5.56 Å². The number of ether oxygens (including phenoxy) is 1. The Bertz CT molecular complexity index is 649. The van der Waals surface area contributed by atoms with E-state index in [2.05, 4.69) is 68.2 Å². The molecule has 2 heteroatoms. The minimum absolute atomic E-state index is 0.921. The van der Waals surface area contributed by atoms with Crippen molar-refractivity contribution in [2.24, 2.45) is 0 Å². The fraction of sp³-hybridized carbons (Fsp3) is 0.200. The first kappa shape index (κ1) is 16.3. The zero-order valence-electron chi connectivity index (χ0n) is 13.8. The Morgan fingerprint density at radius 1 is 0.864 bits per heavy atom. The molecule has 0 spiro atoms. The molecule has 2 aromatic rings. The summed E-state index contributed by atoms with van der Waals surface area (Å²) >= 11 is 0. The van der Waals surface area contributed by atoms with Crippen molar-refractivity contribution in [1.29, 1.82) is 0 Å². The maximum atomic E-state index is 5.64. The number of benzene rings is 2. The Morgan fingerprint density at radius 2 is 1.41 bits per heavy atom. The van der Waals surface area contributed by atoms with Crippen molar-refractivity contribution < 1.29 is 4.74 Å². The number of hydrogen-bond acceptors (Lipinski definition) is 1. The Morgan fingerprint density at radius 3 is 1.91 bits per heavy atom. The quantitative estimate of drug-likeness (QED) is 0.395. The van der Waals surface area contributed by atoms with Crippen LogP contribution in [0.25, 0.3) is 11.8 Å². The Balaban J connectivity index is 2.46. The van der Waals surface area contributed by atoms with Gasteiger partial charge in [0.15, 0.2) is 0 Å². The molecule has 2 rings (SSSR count). The molecule has 0 saturated carbocycles. The van der Waals surface area contributed by atoms with Gasteiger partial charge in [-0.3, -0.25) is 0 Å². The third kappa shape index (κ3) is 4.47. The van der Waals surface area contributed by atoms with Crippen molar-refractivity contribution in [3.63, 3.8) is 0 Å². The van der Waals surface area contributed by atoms with Crippen molar-refractivity contribution in [3.05, 3.63) is 83.1 Å². The van der Waals surface area contributed by atoms with Crippen LogP contribution < -0.4 is 0 Å². The molecule has 2 aromatic carbocycles. The Hall–Kier alpha value is -2.06. The van der Waals surface area contributed by atoms with E-state index >= 15 is 0 Å². The number of allylic oxidation sites excluding steroid dienone is 2. The van der Waals surface area contributed by atoms with Gasteiger partial charge in [0.25, 0.3) is 0 Å². The molecule has 0 heterocycles. The van der Waals surface area contributed by atoms with Crippen molar-refractivity contribution in [1.82, 2.24) is 0 Å². The fourth-order valence-electron chi connectivity index (χ4n) is 2.21. The maximum absolute atomic E-state index is 5.64. The van der Waals surface area contributed by atoms with Crippen molar-refractivity contribution in [3.8, 4) is 0 Å². The summed E-state index contributed by atoms with van der Waals surface area (Å²) in [5.41, 5.74) is 2.35. The van der Waals surface area contributed by atoms with Gasteiger partial charge in [-0.15, -0.1) is 0 Å². The third-order valence-corrected chi connectivity index (χ3v) is 5.57. The topological polar surface area (TPSA) is 9.23 Å². The molecule has 114 valence electrons. The number of methoxy groups -OCH3 is 1. The largest absolute Gasteiger partial charge is 0.496 e. The molecule has 22 heavy (non-hydrogen) atoms. The molecular formula is C20H24OSi.